The number of carbonyl (C=O) groups excluding carboxylic acids is 1. The van der Waals surface area contributed by atoms with E-state index in [9.17, 15) is 23.1 Å². The Kier molecular flexibility index (Phi) is 5.07. The Morgan fingerprint density at radius 1 is 1.44 bits per heavy atom. The number of aliphatic hydroxyl groups is 1. The van der Waals surface area contributed by atoms with E-state index in [-0.39, 0.29) is 5.69 Å². The lowest BCUT2D eigenvalue weighted by molar-refractivity contribution is -0.272. The second-order valence-electron chi connectivity index (χ2n) is 5.74. The van der Waals surface area contributed by atoms with Gasteiger partial charge in [0.2, 0.25) is 5.60 Å². The van der Waals surface area contributed by atoms with Gasteiger partial charge in [0, 0.05) is 37.8 Å². The van der Waals surface area contributed by atoms with Crippen LogP contribution in [0.3, 0.4) is 0 Å². The predicted octanol–water partition coefficient (Wildman–Crippen LogP) is 2.71. The summed E-state index contributed by atoms with van der Waals surface area (Å²) >= 11 is 1.17. The van der Waals surface area contributed by atoms with E-state index in [0.29, 0.717) is 10.8 Å². The van der Waals surface area contributed by atoms with E-state index in [1.807, 2.05) is 0 Å². The predicted molar refractivity (Wildman–Crippen MR) is 89.9 cm³/mol. The van der Waals surface area contributed by atoms with Crippen molar-refractivity contribution in [1.82, 2.24) is 19.9 Å². The van der Waals surface area contributed by atoms with Crippen LogP contribution < -0.4 is 5.32 Å². The van der Waals surface area contributed by atoms with E-state index in [1.54, 1.807) is 12.1 Å². The number of hydrogen-bond acceptors (Lipinski definition) is 6. The van der Waals surface area contributed by atoms with Gasteiger partial charge in [0.05, 0.1) is 6.26 Å². The molecular formula is C16H15F3N4O3S. The normalized spacial score (nSPS) is 14.1. The summed E-state index contributed by atoms with van der Waals surface area (Å²) in [6.45, 7) is -0.421. The zero-order valence-electron chi connectivity index (χ0n) is 14.0. The molecule has 0 spiro atoms. The Morgan fingerprint density at radius 3 is 2.81 bits per heavy atom. The van der Waals surface area contributed by atoms with Crippen LogP contribution in [0.25, 0.3) is 10.8 Å². The van der Waals surface area contributed by atoms with Crippen molar-refractivity contribution in [3.05, 3.63) is 47.7 Å². The quantitative estimate of drug-likeness (QED) is 0.664. The van der Waals surface area contributed by atoms with Crippen molar-refractivity contribution in [1.29, 1.82) is 0 Å². The first-order chi connectivity index (χ1) is 12.7. The first kappa shape index (κ1) is 19.1. The van der Waals surface area contributed by atoms with Crippen molar-refractivity contribution in [2.75, 3.05) is 6.54 Å². The third-order valence-corrected chi connectivity index (χ3v) is 4.76. The van der Waals surface area contributed by atoms with Crippen molar-refractivity contribution in [3.8, 4) is 10.8 Å². The second-order valence-corrected chi connectivity index (χ2v) is 6.60. The maximum atomic E-state index is 13.4. The molecule has 11 heteroatoms. The Morgan fingerprint density at radius 2 is 2.22 bits per heavy atom. The third-order valence-electron chi connectivity index (χ3n) is 3.90. The molecule has 3 aromatic heterocycles. The number of carbonyl (C=O) groups is 1. The van der Waals surface area contributed by atoms with Gasteiger partial charge in [-0.3, -0.25) is 4.79 Å². The average molecular weight is 400 g/mol. The number of aryl methyl sites for hydroxylation is 1. The maximum Gasteiger partial charge on any atom is 0.424 e. The van der Waals surface area contributed by atoms with Crippen molar-refractivity contribution < 1.29 is 27.5 Å². The number of rotatable bonds is 6. The summed E-state index contributed by atoms with van der Waals surface area (Å²) < 4.78 is 46.5. The van der Waals surface area contributed by atoms with Crippen LogP contribution >= 0.6 is 11.3 Å². The van der Waals surface area contributed by atoms with E-state index >= 15 is 0 Å². The highest BCUT2D eigenvalue weighted by atomic mass is 32.1. The number of amides is 1. The smallest absolute Gasteiger partial charge is 0.424 e. The molecule has 1 atom stereocenters. The molecule has 0 aliphatic rings. The van der Waals surface area contributed by atoms with Gasteiger partial charge in [0.1, 0.15) is 11.5 Å². The Hall–Kier alpha value is -2.66. The van der Waals surface area contributed by atoms with E-state index in [1.165, 1.54) is 36.2 Å². The fraction of sp³-hybridized carbons (Fsp3) is 0.312. The molecule has 1 amide bonds. The number of nitrogens with zero attached hydrogens (tertiary/aromatic N) is 3. The van der Waals surface area contributed by atoms with Gasteiger partial charge < -0.3 is 19.4 Å². The first-order valence-electron chi connectivity index (χ1n) is 7.77. The number of hydrogen-bond donors (Lipinski definition) is 2. The van der Waals surface area contributed by atoms with Crippen LogP contribution in [0.2, 0.25) is 0 Å². The van der Waals surface area contributed by atoms with Crippen molar-refractivity contribution >= 4 is 17.2 Å². The Balaban J connectivity index is 1.67. The van der Waals surface area contributed by atoms with Crippen LogP contribution in [0.4, 0.5) is 13.2 Å². The van der Waals surface area contributed by atoms with Crippen LogP contribution in [0.15, 0.2) is 40.6 Å². The van der Waals surface area contributed by atoms with Crippen LogP contribution in [0.5, 0.6) is 0 Å². The Labute approximate surface area is 155 Å². The number of thiazole rings is 1. The fourth-order valence-electron chi connectivity index (χ4n) is 2.48. The van der Waals surface area contributed by atoms with Crippen molar-refractivity contribution in [3.63, 3.8) is 0 Å². The maximum absolute atomic E-state index is 13.4. The molecule has 2 N–H and O–H groups in total. The molecule has 0 radical (unpaired) electrons. The highest BCUT2D eigenvalue weighted by Crippen LogP contribution is 2.40. The molecule has 0 saturated heterocycles. The minimum absolute atomic E-state index is 0.0546. The highest BCUT2D eigenvalue weighted by Gasteiger charge is 2.57. The number of halogens is 3. The Bertz CT molecular complexity index is 920. The molecule has 0 aliphatic carbocycles. The summed E-state index contributed by atoms with van der Waals surface area (Å²) in [6.07, 6.45) is -1.82. The van der Waals surface area contributed by atoms with Gasteiger partial charge in [-0.1, -0.05) is 0 Å². The van der Waals surface area contributed by atoms with Crippen molar-refractivity contribution in [2.45, 2.75) is 18.2 Å². The molecule has 144 valence electrons. The zero-order chi connectivity index (χ0) is 19.7. The summed E-state index contributed by atoms with van der Waals surface area (Å²) in [5.74, 6) is -0.702. The molecule has 0 aromatic carbocycles. The molecule has 0 saturated carbocycles. The van der Waals surface area contributed by atoms with Crippen LogP contribution in [0, 0.1) is 0 Å². The molecule has 27 heavy (non-hydrogen) atoms. The number of imidazole rings is 1. The monoisotopic (exact) mass is 400 g/mol. The van der Waals surface area contributed by atoms with Crippen LogP contribution in [0.1, 0.15) is 22.7 Å². The summed E-state index contributed by atoms with van der Waals surface area (Å²) in [5.41, 5.74) is -3.13. The molecule has 0 fully saturated rings. The lowest BCUT2D eigenvalue weighted by Crippen LogP contribution is -2.46. The van der Waals surface area contributed by atoms with Crippen LogP contribution in [-0.4, -0.2) is 38.3 Å². The molecule has 3 rings (SSSR count). The largest absolute Gasteiger partial charge is 0.462 e. The fourth-order valence-corrected chi connectivity index (χ4v) is 3.25. The number of aromatic nitrogens is 3. The van der Waals surface area contributed by atoms with Gasteiger partial charge in [0.25, 0.3) is 5.91 Å². The lowest BCUT2D eigenvalue weighted by Gasteiger charge is -2.29. The molecule has 3 heterocycles. The van der Waals surface area contributed by atoms with E-state index < -0.39 is 36.5 Å². The highest BCUT2D eigenvalue weighted by molar-refractivity contribution is 7.13. The first-order valence-corrected chi connectivity index (χ1v) is 8.65. The molecule has 7 nitrogen and oxygen atoms in total. The molecule has 3 aromatic rings. The number of furan rings is 1. The van der Waals surface area contributed by atoms with Crippen LogP contribution in [-0.2, 0) is 12.6 Å². The average Bonchev–Trinajstić information content (AvgIpc) is 3.34. The molecular weight excluding hydrogens is 385 g/mol. The van der Waals surface area contributed by atoms with Crippen molar-refractivity contribution in [2.24, 2.45) is 7.05 Å². The summed E-state index contributed by atoms with van der Waals surface area (Å²) in [6, 6.07) is 3.35. The van der Waals surface area contributed by atoms with E-state index in [0.717, 1.165) is 10.8 Å². The molecule has 0 bridgehead atoms. The number of alkyl halides is 3. The lowest BCUT2D eigenvalue weighted by atomic mass is 9.97. The second kappa shape index (κ2) is 7.16. The SMILES string of the molecule is Cn1ccnc1C(O)(CCNC(=O)c1csc(-c2ccco2)n1)C(F)(F)F. The summed E-state index contributed by atoms with van der Waals surface area (Å²) in [7, 11) is 1.35. The van der Waals surface area contributed by atoms with Gasteiger partial charge in [-0.25, -0.2) is 9.97 Å². The standard InChI is InChI=1S/C16H15F3N4O3S/c1-23-7-6-21-14(23)15(25,16(17,18)19)4-5-20-12(24)10-9-27-13(22-10)11-3-2-8-26-11/h2-3,6-9,25H,4-5H2,1H3,(H,20,24). The summed E-state index contributed by atoms with van der Waals surface area (Å²) in [5, 5.41) is 14.5. The van der Waals surface area contributed by atoms with E-state index in [2.05, 4.69) is 15.3 Å². The molecule has 0 aliphatic heterocycles. The minimum Gasteiger partial charge on any atom is -0.462 e. The third kappa shape index (κ3) is 3.74. The minimum atomic E-state index is -4.95. The van der Waals surface area contributed by atoms with Gasteiger partial charge >= 0.3 is 6.18 Å². The summed E-state index contributed by atoms with van der Waals surface area (Å²) in [4.78, 5) is 19.8. The topological polar surface area (TPSA) is 93.2 Å². The van der Waals surface area contributed by atoms with Gasteiger partial charge in [-0.2, -0.15) is 13.2 Å². The van der Waals surface area contributed by atoms with E-state index in [4.69, 9.17) is 4.42 Å². The van der Waals surface area contributed by atoms with Gasteiger partial charge in [0.15, 0.2) is 10.8 Å². The zero-order valence-corrected chi connectivity index (χ0v) is 14.8. The molecule has 1 unspecified atom stereocenters. The van der Waals surface area contributed by atoms with Gasteiger partial charge in [-0.15, -0.1) is 11.3 Å². The number of nitrogens with one attached hydrogen (secondary N) is 1. The van der Waals surface area contributed by atoms with Gasteiger partial charge in [-0.05, 0) is 12.1 Å².